The third-order valence-corrected chi connectivity index (χ3v) is 5.69. The zero-order chi connectivity index (χ0) is 19.3. The lowest BCUT2D eigenvalue weighted by Gasteiger charge is -2.37. The summed E-state index contributed by atoms with van der Waals surface area (Å²) in [7, 11) is 1.71. The van der Waals surface area contributed by atoms with E-state index in [2.05, 4.69) is 33.3 Å². The van der Waals surface area contributed by atoms with Gasteiger partial charge in [0.25, 0.3) is 0 Å². The molecule has 0 spiro atoms. The Kier molecular flexibility index (Phi) is 5.93. The minimum Gasteiger partial charge on any atom is -0.496 e. The van der Waals surface area contributed by atoms with E-state index in [-0.39, 0.29) is 11.9 Å². The number of hydrogen-bond donors (Lipinski definition) is 1. The van der Waals surface area contributed by atoms with Gasteiger partial charge in [0, 0.05) is 37.8 Å². The van der Waals surface area contributed by atoms with E-state index in [4.69, 9.17) is 4.74 Å². The molecule has 1 atom stereocenters. The van der Waals surface area contributed by atoms with Crippen LogP contribution < -0.4 is 10.1 Å². The maximum Gasteiger partial charge on any atom is 0.237 e. The summed E-state index contributed by atoms with van der Waals surface area (Å²) in [6.45, 7) is 3.75. The number of piperazine rings is 1. The minimum absolute atomic E-state index is 0.145. The highest BCUT2D eigenvalue weighted by Gasteiger charge is 2.35. The van der Waals surface area contributed by atoms with Crippen LogP contribution in [-0.4, -0.2) is 55.0 Å². The fourth-order valence-corrected chi connectivity index (χ4v) is 4.04. The van der Waals surface area contributed by atoms with Gasteiger partial charge in [-0.3, -0.25) is 9.69 Å². The number of amides is 1. The number of rotatable bonds is 7. The Hall–Kier alpha value is -2.37. The van der Waals surface area contributed by atoms with E-state index >= 15 is 0 Å². The van der Waals surface area contributed by atoms with Crippen molar-refractivity contribution in [3.8, 4) is 5.75 Å². The van der Waals surface area contributed by atoms with Gasteiger partial charge in [0.1, 0.15) is 5.75 Å². The first-order valence-corrected chi connectivity index (χ1v) is 10.2. The second-order valence-electron chi connectivity index (χ2n) is 7.67. The molecule has 148 valence electrons. The van der Waals surface area contributed by atoms with Gasteiger partial charge in [0.15, 0.2) is 0 Å². The monoisotopic (exact) mass is 379 g/mol. The summed E-state index contributed by atoms with van der Waals surface area (Å²) in [6, 6.07) is 19.0. The van der Waals surface area contributed by atoms with Crippen molar-refractivity contribution in [2.24, 2.45) is 0 Å². The van der Waals surface area contributed by atoms with Crippen LogP contribution in [0.4, 0.5) is 0 Å². The SMILES string of the molecule is COc1ccccc1C1CNCCN1CC(=O)N(Cc1ccccc1)C1CC1. The number of hydrogen-bond acceptors (Lipinski definition) is 4. The number of para-hydroxylation sites is 1. The summed E-state index contributed by atoms with van der Waals surface area (Å²) in [5.41, 5.74) is 2.34. The topological polar surface area (TPSA) is 44.8 Å². The van der Waals surface area contributed by atoms with Crippen LogP contribution in [0.1, 0.15) is 30.0 Å². The third kappa shape index (κ3) is 4.37. The molecule has 1 amide bonds. The maximum atomic E-state index is 13.3. The second-order valence-corrected chi connectivity index (χ2v) is 7.67. The second kappa shape index (κ2) is 8.76. The van der Waals surface area contributed by atoms with Gasteiger partial charge in [0.2, 0.25) is 5.91 Å². The lowest BCUT2D eigenvalue weighted by Crippen LogP contribution is -2.50. The number of nitrogens with zero attached hydrogens (tertiary/aromatic N) is 2. The number of nitrogens with one attached hydrogen (secondary N) is 1. The fourth-order valence-electron chi connectivity index (χ4n) is 4.04. The molecule has 5 nitrogen and oxygen atoms in total. The zero-order valence-corrected chi connectivity index (χ0v) is 16.5. The summed E-state index contributed by atoms with van der Waals surface area (Å²) in [6.07, 6.45) is 2.24. The molecule has 4 rings (SSSR count). The van der Waals surface area contributed by atoms with E-state index in [1.165, 1.54) is 5.56 Å². The van der Waals surface area contributed by atoms with Crippen LogP contribution in [0.2, 0.25) is 0 Å². The van der Waals surface area contributed by atoms with E-state index in [1.807, 2.05) is 36.4 Å². The van der Waals surface area contributed by atoms with Crippen LogP contribution in [0, 0.1) is 0 Å². The highest BCUT2D eigenvalue weighted by Crippen LogP contribution is 2.32. The number of benzene rings is 2. The smallest absolute Gasteiger partial charge is 0.237 e. The first-order valence-electron chi connectivity index (χ1n) is 10.2. The Morgan fingerprint density at radius 3 is 2.64 bits per heavy atom. The van der Waals surface area contributed by atoms with Crippen LogP contribution in [0.5, 0.6) is 5.75 Å². The van der Waals surface area contributed by atoms with E-state index in [1.54, 1.807) is 7.11 Å². The fraction of sp³-hybridized carbons (Fsp3) is 0.435. The van der Waals surface area contributed by atoms with Gasteiger partial charge in [0.05, 0.1) is 19.7 Å². The van der Waals surface area contributed by atoms with Gasteiger partial charge in [-0.05, 0) is 24.5 Å². The molecule has 1 aliphatic heterocycles. The van der Waals surface area contributed by atoms with E-state index in [0.29, 0.717) is 19.1 Å². The molecule has 5 heteroatoms. The molecule has 2 fully saturated rings. The van der Waals surface area contributed by atoms with Crippen molar-refractivity contribution >= 4 is 5.91 Å². The Labute approximate surface area is 167 Å². The van der Waals surface area contributed by atoms with E-state index in [9.17, 15) is 4.79 Å². The molecular weight excluding hydrogens is 350 g/mol. The van der Waals surface area contributed by atoms with Crippen molar-refractivity contribution in [3.63, 3.8) is 0 Å². The first-order chi connectivity index (χ1) is 13.8. The number of carbonyl (C=O) groups excluding carboxylic acids is 1. The molecule has 1 unspecified atom stereocenters. The Morgan fingerprint density at radius 2 is 1.89 bits per heavy atom. The normalized spacial score (nSPS) is 20.0. The van der Waals surface area contributed by atoms with Gasteiger partial charge in [-0.15, -0.1) is 0 Å². The van der Waals surface area contributed by atoms with Gasteiger partial charge < -0.3 is 15.0 Å². The number of methoxy groups -OCH3 is 1. The van der Waals surface area contributed by atoms with Crippen LogP contribution >= 0.6 is 0 Å². The van der Waals surface area contributed by atoms with Crippen LogP contribution in [0.25, 0.3) is 0 Å². The number of carbonyl (C=O) groups is 1. The van der Waals surface area contributed by atoms with Crippen molar-refractivity contribution in [3.05, 3.63) is 65.7 Å². The molecule has 1 saturated carbocycles. The average molecular weight is 380 g/mol. The molecule has 1 heterocycles. The highest BCUT2D eigenvalue weighted by atomic mass is 16.5. The third-order valence-electron chi connectivity index (χ3n) is 5.69. The lowest BCUT2D eigenvalue weighted by molar-refractivity contribution is -0.134. The van der Waals surface area contributed by atoms with Gasteiger partial charge in [-0.2, -0.15) is 0 Å². The molecule has 28 heavy (non-hydrogen) atoms. The predicted molar refractivity (Wildman–Crippen MR) is 110 cm³/mol. The zero-order valence-electron chi connectivity index (χ0n) is 16.5. The maximum absolute atomic E-state index is 13.3. The van der Waals surface area contributed by atoms with E-state index < -0.39 is 0 Å². The first kappa shape index (κ1) is 19.0. The summed E-state index contributed by atoms with van der Waals surface area (Å²) in [5, 5.41) is 3.47. The van der Waals surface area contributed by atoms with Gasteiger partial charge in [-0.25, -0.2) is 0 Å². The summed E-state index contributed by atoms with van der Waals surface area (Å²) >= 11 is 0. The number of ether oxygens (including phenoxy) is 1. The predicted octanol–water partition coefficient (Wildman–Crippen LogP) is 2.83. The van der Waals surface area contributed by atoms with Crippen molar-refractivity contribution in [1.29, 1.82) is 0 Å². The molecule has 2 aromatic carbocycles. The van der Waals surface area contributed by atoms with Crippen LogP contribution in [-0.2, 0) is 11.3 Å². The standard InChI is InChI=1S/C23H29N3O2/c1-28-22-10-6-5-9-20(22)21-15-24-13-14-25(21)17-23(27)26(19-11-12-19)16-18-7-3-2-4-8-18/h2-10,19,21,24H,11-17H2,1H3. The molecule has 0 aromatic heterocycles. The Morgan fingerprint density at radius 1 is 1.14 bits per heavy atom. The minimum atomic E-state index is 0.145. The van der Waals surface area contributed by atoms with Gasteiger partial charge in [-0.1, -0.05) is 48.5 Å². The van der Waals surface area contributed by atoms with Crippen LogP contribution in [0.3, 0.4) is 0 Å². The molecule has 0 radical (unpaired) electrons. The molecule has 1 saturated heterocycles. The molecule has 1 aliphatic carbocycles. The van der Waals surface area contributed by atoms with Crippen LogP contribution in [0.15, 0.2) is 54.6 Å². The summed E-state index contributed by atoms with van der Waals surface area (Å²) in [5.74, 6) is 1.12. The molecule has 2 aliphatic rings. The molecular formula is C23H29N3O2. The average Bonchev–Trinajstić information content (AvgIpc) is 3.58. The van der Waals surface area contributed by atoms with Crippen molar-refractivity contribution in [1.82, 2.24) is 15.1 Å². The van der Waals surface area contributed by atoms with Crippen molar-refractivity contribution in [2.75, 3.05) is 33.3 Å². The van der Waals surface area contributed by atoms with E-state index in [0.717, 1.165) is 43.8 Å². The Bertz CT molecular complexity index is 791. The largest absolute Gasteiger partial charge is 0.496 e. The summed E-state index contributed by atoms with van der Waals surface area (Å²) in [4.78, 5) is 17.6. The molecule has 2 aromatic rings. The lowest BCUT2D eigenvalue weighted by atomic mass is 10.0. The van der Waals surface area contributed by atoms with Gasteiger partial charge >= 0.3 is 0 Å². The molecule has 1 N–H and O–H groups in total. The summed E-state index contributed by atoms with van der Waals surface area (Å²) < 4.78 is 5.58. The quantitative estimate of drug-likeness (QED) is 0.804. The Balaban J connectivity index is 1.49. The van der Waals surface area contributed by atoms with Crippen molar-refractivity contribution in [2.45, 2.75) is 31.5 Å². The molecule has 0 bridgehead atoms. The highest BCUT2D eigenvalue weighted by molar-refractivity contribution is 5.79. The van der Waals surface area contributed by atoms with Crippen molar-refractivity contribution < 1.29 is 9.53 Å².